The normalized spacial score (nSPS) is 8.11. The van der Waals surface area contributed by atoms with Gasteiger partial charge in [-0.15, -0.1) is 0 Å². The molecule has 0 aliphatic rings. The van der Waals surface area contributed by atoms with Gasteiger partial charge in [0, 0.05) is 26.8 Å². The van der Waals surface area contributed by atoms with Gasteiger partial charge in [-0.25, -0.2) is 0 Å². The minimum absolute atomic E-state index is 0. The number of unbranched alkanes of at least 4 members (excludes halogenated alkanes) is 1. The zero-order valence-corrected chi connectivity index (χ0v) is 6.63. The molecule has 0 aliphatic heterocycles. The predicted molar refractivity (Wildman–Crippen MR) is 30.5 cm³/mol. The molecule has 58 valence electrons. The van der Waals surface area contributed by atoms with E-state index < -0.39 is 5.97 Å². The maximum atomic E-state index is 9.83. The SMILES string of the molecule is NCCCCC(=O)O.[Pd]. The zero-order valence-electron chi connectivity index (χ0n) is 5.08. The molecule has 0 aromatic carbocycles. The van der Waals surface area contributed by atoms with Crippen molar-refractivity contribution in [2.75, 3.05) is 6.54 Å². The van der Waals surface area contributed by atoms with Crippen molar-refractivity contribution < 1.29 is 30.3 Å². The first-order chi connectivity index (χ1) is 3.77. The molecule has 3 N–H and O–H groups in total. The van der Waals surface area contributed by atoms with Crippen LogP contribution in [0.15, 0.2) is 0 Å². The molecule has 0 fully saturated rings. The maximum absolute atomic E-state index is 9.83. The van der Waals surface area contributed by atoms with Crippen molar-refractivity contribution in [3.05, 3.63) is 0 Å². The van der Waals surface area contributed by atoms with E-state index in [-0.39, 0.29) is 26.8 Å². The van der Waals surface area contributed by atoms with Crippen molar-refractivity contribution in [1.82, 2.24) is 0 Å². The van der Waals surface area contributed by atoms with Crippen LogP contribution in [-0.2, 0) is 25.2 Å². The molecule has 0 aliphatic carbocycles. The predicted octanol–water partition coefficient (Wildman–Crippen LogP) is 0.198. The molecule has 0 atom stereocenters. The maximum Gasteiger partial charge on any atom is 0.303 e. The quantitative estimate of drug-likeness (QED) is 0.529. The van der Waals surface area contributed by atoms with E-state index >= 15 is 0 Å². The first-order valence-electron chi connectivity index (χ1n) is 2.69. The van der Waals surface area contributed by atoms with E-state index in [1.54, 1.807) is 0 Å². The van der Waals surface area contributed by atoms with E-state index in [0.717, 1.165) is 6.42 Å². The van der Waals surface area contributed by atoms with Crippen molar-refractivity contribution in [3.63, 3.8) is 0 Å². The molecule has 0 rings (SSSR count). The van der Waals surface area contributed by atoms with Gasteiger partial charge in [0.05, 0.1) is 0 Å². The molecule has 0 radical (unpaired) electrons. The summed E-state index contributed by atoms with van der Waals surface area (Å²) in [6.45, 7) is 0.591. The van der Waals surface area contributed by atoms with Gasteiger partial charge >= 0.3 is 5.97 Å². The molecular formula is C5H11NO2Pd. The van der Waals surface area contributed by atoms with E-state index in [9.17, 15) is 4.79 Å². The second kappa shape index (κ2) is 8.09. The van der Waals surface area contributed by atoms with E-state index in [2.05, 4.69) is 0 Å². The Hall–Kier alpha value is 0.0923. The van der Waals surface area contributed by atoms with Gasteiger partial charge in [0.15, 0.2) is 0 Å². The topological polar surface area (TPSA) is 63.3 Å². The molecule has 0 saturated heterocycles. The molecule has 0 saturated carbocycles. The Morgan fingerprint density at radius 1 is 1.44 bits per heavy atom. The van der Waals surface area contributed by atoms with Crippen molar-refractivity contribution in [1.29, 1.82) is 0 Å². The Kier molecular flexibility index (Phi) is 10.6. The summed E-state index contributed by atoms with van der Waals surface area (Å²) in [7, 11) is 0. The summed E-state index contributed by atoms with van der Waals surface area (Å²) in [5, 5.41) is 8.10. The van der Waals surface area contributed by atoms with Gasteiger partial charge in [0.1, 0.15) is 0 Å². The third-order valence-electron chi connectivity index (χ3n) is 0.845. The largest absolute Gasteiger partial charge is 0.481 e. The summed E-state index contributed by atoms with van der Waals surface area (Å²) in [5.74, 6) is -0.738. The Morgan fingerprint density at radius 2 is 2.00 bits per heavy atom. The van der Waals surface area contributed by atoms with Crippen LogP contribution in [0.5, 0.6) is 0 Å². The van der Waals surface area contributed by atoms with Crippen LogP contribution in [-0.4, -0.2) is 17.6 Å². The fraction of sp³-hybridized carbons (Fsp3) is 0.800. The molecule has 9 heavy (non-hydrogen) atoms. The van der Waals surface area contributed by atoms with Gasteiger partial charge in [-0.05, 0) is 19.4 Å². The molecule has 3 nitrogen and oxygen atoms in total. The summed E-state index contributed by atoms with van der Waals surface area (Å²) in [5.41, 5.74) is 5.12. The number of hydrogen-bond acceptors (Lipinski definition) is 2. The van der Waals surface area contributed by atoms with Crippen molar-refractivity contribution in [3.8, 4) is 0 Å². The Balaban J connectivity index is 0. The van der Waals surface area contributed by atoms with Crippen LogP contribution in [0.1, 0.15) is 19.3 Å². The van der Waals surface area contributed by atoms with Crippen LogP contribution in [0, 0.1) is 0 Å². The molecule has 0 aromatic rings. The zero-order chi connectivity index (χ0) is 6.41. The average molecular weight is 224 g/mol. The van der Waals surface area contributed by atoms with Gasteiger partial charge in [-0.1, -0.05) is 0 Å². The number of carboxylic acids is 1. The molecule has 0 spiro atoms. The first kappa shape index (κ1) is 11.8. The summed E-state index contributed by atoms with van der Waals surface area (Å²) in [6, 6.07) is 0. The van der Waals surface area contributed by atoms with E-state index in [0.29, 0.717) is 13.0 Å². The van der Waals surface area contributed by atoms with Gasteiger partial charge in [0.2, 0.25) is 0 Å². The number of carbonyl (C=O) groups is 1. The summed E-state index contributed by atoms with van der Waals surface area (Å²) in [4.78, 5) is 9.83. The summed E-state index contributed by atoms with van der Waals surface area (Å²) >= 11 is 0. The fourth-order valence-corrected chi connectivity index (χ4v) is 0.421. The fourth-order valence-electron chi connectivity index (χ4n) is 0.421. The number of carboxylic acid groups (broad SMARTS) is 1. The Morgan fingerprint density at radius 3 is 2.33 bits per heavy atom. The molecule has 0 aromatic heterocycles. The monoisotopic (exact) mass is 223 g/mol. The smallest absolute Gasteiger partial charge is 0.303 e. The van der Waals surface area contributed by atoms with Gasteiger partial charge in [0.25, 0.3) is 0 Å². The molecule has 0 bridgehead atoms. The first-order valence-corrected chi connectivity index (χ1v) is 2.69. The van der Waals surface area contributed by atoms with Gasteiger partial charge in [-0.3, -0.25) is 4.79 Å². The second-order valence-electron chi connectivity index (χ2n) is 1.64. The molecule has 4 heteroatoms. The number of aliphatic carboxylic acids is 1. The van der Waals surface area contributed by atoms with E-state index in [4.69, 9.17) is 10.8 Å². The van der Waals surface area contributed by atoms with Crippen LogP contribution < -0.4 is 5.73 Å². The molecular weight excluding hydrogens is 212 g/mol. The van der Waals surface area contributed by atoms with E-state index in [1.165, 1.54) is 0 Å². The molecule has 0 heterocycles. The van der Waals surface area contributed by atoms with Crippen LogP contribution in [0.25, 0.3) is 0 Å². The Labute approximate surface area is 68.3 Å². The summed E-state index contributed by atoms with van der Waals surface area (Å²) < 4.78 is 0. The third-order valence-corrected chi connectivity index (χ3v) is 0.845. The number of nitrogens with two attached hydrogens (primary N) is 1. The van der Waals surface area contributed by atoms with Crippen molar-refractivity contribution in [2.24, 2.45) is 5.73 Å². The van der Waals surface area contributed by atoms with Crippen LogP contribution >= 0.6 is 0 Å². The molecule has 0 amide bonds. The Bertz CT molecular complexity index is 77.4. The number of rotatable bonds is 4. The minimum Gasteiger partial charge on any atom is -0.481 e. The van der Waals surface area contributed by atoms with Gasteiger partial charge in [-0.2, -0.15) is 0 Å². The van der Waals surface area contributed by atoms with E-state index in [1.807, 2.05) is 0 Å². The van der Waals surface area contributed by atoms with Crippen LogP contribution in [0.4, 0.5) is 0 Å². The van der Waals surface area contributed by atoms with Crippen molar-refractivity contribution >= 4 is 5.97 Å². The summed E-state index contributed by atoms with van der Waals surface area (Å²) in [6.07, 6.45) is 1.76. The second-order valence-corrected chi connectivity index (χ2v) is 1.64. The molecule has 0 unspecified atom stereocenters. The number of hydrogen-bond donors (Lipinski definition) is 2. The average Bonchev–Trinajstić information content (AvgIpc) is 1.66. The van der Waals surface area contributed by atoms with Crippen LogP contribution in [0.3, 0.4) is 0 Å². The van der Waals surface area contributed by atoms with Crippen molar-refractivity contribution in [2.45, 2.75) is 19.3 Å². The van der Waals surface area contributed by atoms with Gasteiger partial charge < -0.3 is 10.8 Å². The van der Waals surface area contributed by atoms with Crippen LogP contribution in [0.2, 0.25) is 0 Å². The minimum atomic E-state index is -0.738. The third kappa shape index (κ3) is 11.6. The standard InChI is InChI=1S/C5H11NO2.Pd/c6-4-2-1-3-5(7)8;/h1-4,6H2,(H,7,8);.